The van der Waals surface area contributed by atoms with Crippen LogP contribution in [0, 0.1) is 17.8 Å². The van der Waals surface area contributed by atoms with Crippen molar-refractivity contribution in [1.29, 1.82) is 0 Å². The molecule has 1 aliphatic heterocycles. The summed E-state index contributed by atoms with van der Waals surface area (Å²) in [4.78, 5) is 2.59. The van der Waals surface area contributed by atoms with Crippen molar-refractivity contribution in [3.05, 3.63) is 0 Å². The molecule has 2 rings (SSSR count). The average Bonchev–Trinajstić information content (AvgIpc) is 2.77. The second kappa shape index (κ2) is 6.02. The third-order valence-electron chi connectivity index (χ3n) is 4.61. The Kier molecular flexibility index (Phi) is 4.66. The molecule has 1 N–H and O–H groups in total. The van der Waals surface area contributed by atoms with E-state index in [1.807, 2.05) is 0 Å². The molecule has 1 heterocycles. The molecule has 3 atom stereocenters. The maximum absolute atomic E-state index is 9.14. The van der Waals surface area contributed by atoms with E-state index in [1.54, 1.807) is 0 Å². The van der Waals surface area contributed by atoms with Crippen molar-refractivity contribution in [2.24, 2.45) is 17.8 Å². The van der Waals surface area contributed by atoms with E-state index in [0.29, 0.717) is 12.5 Å². The number of likely N-dealkylation sites (tertiary alicyclic amines) is 1. The van der Waals surface area contributed by atoms with Crippen molar-refractivity contribution in [3.8, 4) is 0 Å². The molecule has 1 saturated carbocycles. The molecular formula is C14H27NO. The fourth-order valence-electron chi connectivity index (χ4n) is 3.53. The lowest BCUT2D eigenvalue weighted by atomic mass is 9.80. The molecule has 0 aromatic carbocycles. The van der Waals surface area contributed by atoms with Gasteiger partial charge in [-0.3, -0.25) is 0 Å². The highest BCUT2D eigenvalue weighted by molar-refractivity contribution is 4.80. The standard InChI is InChI=1S/C14H27NO/c1-2-12-4-3-5-13(8-12)9-15-7-6-14(10-15)11-16/h12-14,16H,2-11H2,1H3. The number of rotatable bonds is 4. The topological polar surface area (TPSA) is 23.5 Å². The summed E-state index contributed by atoms with van der Waals surface area (Å²) in [6.45, 7) is 6.39. The van der Waals surface area contributed by atoms with Gasteiger partial charge in [0, 0.05) is 19.7 Å². The summed E-state index contributed by atoms with van der Waals surface area (Å²) in [7, 11) is 0. The molecule has 2 nitrogen and oxygen atoms in total. The summed E-state index contributed by atoms with van der Waals surface area (Å²) >= 11 is 0. The van der Waals surface area contributed by atoms with Gasteiger partial charge in [-0.15, -0.1) is 0 Å². The fourth-order valence-corrected chi connectivity index (χ4v) is 3.53. The monoisotopic (exact) mass is 225 g/mol. The molecule has 0 spiro atoms. The van der Waals surface area contributed by atoms with E-state index >= 15 is 0 Å². The Morgan fingerprint density at radius 3 is 2.62 bits per heavy atom. The Balaban J connectivity index is 1.73. The second-order valence-corrected chi connectivity index (χ2v) is 5.90. The van der Waals surface area contributed by atoms with Crippen LogP contribution in [0.1, 0.15) is 45.4 Å². The molecule has 2 heteroatoms. The largest absolute Gasteiger partial charge is 0.396 e. The van der Waals surface area contributed by atoms with Gasteiger partial charge in [-0.05, 0) is 43.6 Å². The van der Waals surface area contributed by atoms with Crippen LogP contribution in [-0.4, -0.2) is 36.2 Å². The highest BCUT2D eigenvalue weighted by Crippen LogP contribution is 2.32. The van der Waals surface area contributed by atoms with Crippen molar-refractivity contribution in [1.82, 2.24) is 4.90 Å². The SMILES string of the molecule is CCC1CCCC(CN2CCC(CO)C2)C1. The van der Waals surface area contributed by atoms with Gasteiger partial charge in [-0.25, -0.2) is 0 Å². The van der Waals surface area contributed by atoms with Gasteiger partial charge in [0.15, 0.2) is 0 Å². The van der Waals surface area contributed by atoms with Crippen LogP contribution in [0.5, 0.6) is 0 Å². The van der Waals surface area contributed by atoms with E-state index in [4.69, 9.17) is 5.11 Å². The van der Waals surface area contributed by atoms with Crippen LogP contribution in [0.25, 0.3) is 0 Å². The Labute approximate surface area is 100 Å². The summed E-state index contributed by atoms with van der Waals surface area (Å²) < 4.78 is 0. The Morgan fingerprint density at radius 1 is 1.12 bits per heavy atom. The smallest absolute Gasteiger partial charge is 0.0471 e. The van der Waals surface area contributed by atoms with Gasteiger partial charge in [0.2, 0.25) is 0 Å². The third-order valence-corrected chi connectivity index (χ3v) is 4.61. The van der Waals surface area contributed by atoms with E-state index in [0.717, 1.165) is 18.4 Å². The number of hydrogen-bond acceptors (Lipinski definition) is 2. The van der Waals surface area contributed by atoms with Crippen LogP contribution >= 0.6 is 0 Å². The number of aliphatic hydroxyl groups is 1. The van der Waals surface area contributed by atoms with Crippen LogP contribution in [0.15, 0.2) is 0 Å². The zero-order chi connectivity index (χ0) is 11.4. The lowest BCUT2D eigenvalue weighted by molar-refractivity contribution is 0.179. The quantitative estimate of drug-likeness (QED) is 0.794. The molecule has 0 radical (unpaired) electrons. The van der Waals surface area contributed by atoms with Crippen LogP contribution in [-0.2, 0) is 0 Å². The minimum atomic E-state index is 0.388. The van der Waals surface area contributed by atoms with Crippen LogP contribution < -0.4 is 0 Å². The highest BCUT2D eigenvalue weighted by Gasteiger charge is 2.26. The van der Waals surface area contributed by atoms with E-state index < -0.39 is 0 Å². The molecule has 0 aromatic heterocycles. The minimum absolute atomic E-state index is 0.388. The average molecular weight is 225 g/mol. The molecule has 3 unspecified atom stereocenters. The fraction of sp³-hybridized carbons (Fsp3) is 1.00. The van der Waals surface area contributed by atoms with E-state index in [-0.39, 0.29) is 0 Å². The number of aliphatic hydroxyl groups excluding tert-OH is 1. The molecule has 0 bridgehead atoms. The van der Waals surface area contributed by atoms with Gasteiger partial charge in [0.05, 0.1) is 0 Å². The van der Waals surface area contributed by atoms with E-state index in [1.165, 1.54) is 51.6 Å². The van der Waals surface area contributed by atoms with Gasteiger partial charge in [0.25, 0.3) is 0 Å². The third kappa shape index (κ3) is 3.21. The molecule has 2 aliphatic rings. The highest BCUT2D eigenvalue weighted by atomic mass is 16.3. The van der Waals surface area contributed by atoms with Gasteiger partial charge < -0.3 is 10.0 Å². The first-order chi connectivity index (χ1) is 7.81. The lowest BCUT2D eigenvalue weighted by Crippen LogP contribution is -2.30. The van der Waals surface area contributed by atoms with Gasteiger partial charge in [0.1, 0.15) is 0 Å². The second-order valence-electron chi connectivity index (χ2n) is 5.90. The molecule has 0 amide bonds. The zero-order valence-corrected chi connectivity index (χ0v) is 10.7. The first kappa shape index (κ1) is 12.4. The maximum atomic E-state index is 9.14. The molecule has 16 heavy (non-hydrogen) atoms. The molecule has 0 aromatic rings. The molecule has 94 valence electrons. The lowest BCUT2D eigenvalue weighted by Gasteiger charge is -2.31. The molecular weight excluding hydrogens is 198 g/mol. The van der Waals surface area contributed by atoms with Crippen molar-refractivity contribution >= 4 is 0 Å². The summed E-state index contributed by atoms with van der Waals surface area (Å²) in [6.07, 6.45) is 8.39. The summed E-state index contributed by atoms with van der Waals surface area (Å²) in [5.74, 6) is 2.50. The van der Waals surface area contributed by atoms with Crippen LogP contribution in [0.4, 0.5) is 0 Å². The summed E-state index contributed by atoms with van der Waals surface area (Å²) in [5.41, 5.74) is 0. The van der Waals surface area contributed by atoms with Crippen molar-refractivity contribution in [2.45, 2.75) is 45.4 Å². The van der Waals surface area contributed by atoms with Gasteiger partial charge in [-0.2, -0.15) is 0 Å². The number of nitrogens with zero attached hydrogens (tertiary/aromatic N) is 1. The minimum Gasteiger partial charge on any atom is -0.396 e. The number of hydrogen-bond donors (Lipinski definition) is 1. The summed E-state index contributed by atoms with van der Waals surface area (Å²) in [5, 5.41) is 9.14. The predicted octanol–water partition coefficient (Wildman–Crippen LogP) is 2.52. The summed E-state index contributed by atoms with van der Waals surface area (Å²) in [6, 6.07) is 0. The Morgan fingerprint density at radius 2 is 1.94 bits per heavy atom. The molecule has 2 fully saturated rings. The van der Waals surface area contributed by atoms with Crippen LogP contribution in [0.2, 0.25) is 0 Å². The maximum Gasteiger partial charge on any atom is 0.0471 e. The van der Waals surface area contributed by atoms with Crippen LogP contribution in [0.3, 0.4) is 0 Å². The molecule has 1 saturated heterocycles. The normalized spacial score (nSPS) is 36.8. The molecule has 1 aliphatic carbocycles. The zero-order valence-electron chi connectivity index (χ0n) is 10.7. The first-order valence-corrected chi connectivity index (χ1v) is 7.15. The van der Waals surface area contributed by atoms with Gasteiger partial charge >= 0.3 is 0 Å². The van der Waals surface area contributed by atoms with E-state index in [2.05, 4.69) is 11.8 Å². The first-order valence-electron chi connectivity index (χ1n) is 7.15. The van der Waals surface area contributed by atoms with Gasteiger partial charge in [-0.1, -0.05) is 26.2 Å². The van der Waals surface area contributed by atoms with Crippen molar-refractivity contribution in [3.63, 3.8) is 0 Å². The Hall–Kier alpha value is -0.0800. The Bertz CT molecular complexity index is 207. The van der Waals surface area contributed by atoms with Crippen molar-refractivity contribution < 1.29 is 5.11 Å². The van der Waals surface area contributed by atoms with Crippen molar-refractivity contribution in [2.75, 3.05) is 26.2 Å². The van der Waals surface area contributed by atoms with E-state index in [9.17, 15) is 0 Å². The predicted molar refractivity (Wildman–Crippen MR) is 67.4 cm³/mol.